The molecule has 1 saturated heterocycles. The first-order chi connectivity index (χ1) is 15.4. The lowest BCUT2D eigenvalue weighted by Crippen LogP contribution is -2.53. The first kappa shape index (κ1) is 24.8. The van der Waals surface area contributed by atoms with E-state index in [9.17, 15) is 26.4 Å². The maximum atomic E-state index is 12.7. The Balaban J connectivity index is 1.77. The molecule has 1 fully saturated rings. The summed E-state index contributed by atoms with van der Waals surface area (Å²) in [5, 5.41) is 0. The van der Waals surface area contributed by atoms with Gasteiger partial charge in [0.05, 0.1) is 24.1 Å². The Morgan fingerprint density at radius 3 is 2.00 bits per heavy atom. The van der Waals surface area contributed by atoms with E-state index >= 15 is 0 Å². The molecule has 2 aromatic carbocycles. The summed E-state index contributed by atoms with van der Waals surface area (Å²) in [5.74, 6) is -0.0724. The molecule has 1 aliphatic rings. The number of rotatable bonds is 8. The van der Waals surface area contributed by atoms with E-state index in [0.717, 1.165) is 42.0 Å². The number of nitrogens with zero attached hydrogens (tertiary/aromatic N) is 2. The average molecular weight is 486 g/mol. The highest BCUT2D eigenvalue weighted by molar-refractivity contribution is 7.92. The van der Waals surface area contributed by atoms with E-state index in [0.29, 0.717) is 24.5 Å². The Hall–Kier alpha value is -2.79. The van der Waals surface area contributed by atoms with Crippen LogP contribution in [-0.2, 0) is 21.0 Å². The van der Waals surface area contributed by atoms with Gasteiger partial charge in [-0.05, 0) is 74.5 Å². The minimum absolute atomic E-state index is 0.118. The number of piperidine rings is 1. The number of likely N-dealkylation sites (tertiary alicyclic amines) is 1. The van der Waals surface area contributed by atoms with Crippen LogP contribution >= 0.6 is 0 Å². The SMILES string of the molecule is CS(=O)(=O)N(C[C@@H](C(N)=O)N1CCCCC1)c1ccc(Oc2ccc(C(F)(F)F)cc2)cc1. The molecule has 33 heavy (non-hydrogen) atoms. The molecule has 2 aromatic rings. The van der Waals surface area contributed by atoms with Crippen LogP contribution in [0, 0.1) is 0 Å². The average Bonchev–Trinajstić information content (AvgIpc) is 2.74. The normalized spacial score (nSPS) is 16.2. The van der Waals surface area contributed by atoms with Crippen molar-refractivity contribution in [1.82, 2.24) is 4.90 Å². The van der Waals surface area contributed by atoms with Gasteiger partial charge in [-0.2, -0.15) is 13.2 Å². The fourth-order valence-electron chi connectivity index (χ4n) is 3.73. The number of carbonyl (C=O) groups is 1. The molecular formula is C22H26F3N3O4S. The summed E-state index contributed by atoms with van der Waals surface area (Å²) in [7, 11) is -3.72. The van der Waals surface area contributed by atoms with Crippen LogP contribution in [-0.4, -0.2) is 51.2 Å². The van der Waals surface area contributed by atoms with Gasteiger partial charge >= 0.3 is 6.18 Å². The Bertz CT molecular complexity index is 1050. The van der Waals surface area contributed by atoms with Gasteiger partial charge in [0.1, 0.15) is 17.5 Å². The van der Waals surface area contributed by atoms with Gasteiger partial charge < -0.3 is 10.5 Å². The number of benzene rings is 2. The fraction of sp³-hybridized carbons (Fsp3) is 0.409. The number of hydrogen-bond donors (Lipinski definition) is 1. The van der Waals surface area contributed by atoms with Crippen molar-refractivity contribution in [3.8, 4) is 11.5 Å². The number of carbonyl (C=O) groups excluding carboxylic acids is 1. The molecule has 0 unspecified atom stereocenters. The van der Waals surface area contributed by atoms with E-state index in [1.165, 1.54) is 36.4 Å². The maximum Gasteiger partial charge on any atom is 0.416 e. The molecule has 0 aliphatic carbocycles. The van der Waals surface area contributed by atoms with E-state index < -0.39 is 33.7 Å². The van der Waals surface area contributed by atoms with Crippen LogP contribution in [0.2, 0.25) is 0 Å². The second-order valence-electron chi connectivity index (χ2n) is 7.93. The lowest BCUT2D eigenvalue weighted by molar-refractivity contribution is -0.137. The monoisotopic (exact) mass is 485 g/mol. The summed E-state index contributed by atoms with van der Waals surface area (Å²) in [6.45, 7) is 1.23. The molecule has 0 aromatic heterocycles. The van der Waals surface area contributed by atoms with Crippen molar-refractivity contribution in [3.05, 3.63) is 54.1 Å². The van der Waals surface area contributed by atoms with E-state index in [1.54, 1.807) is 0 Å². The second kappa shape index (κ2) is 10.0. The first-order valence-corrected chi connectivity index (χ1v) is 12.3. The molecule has 3 rings (SSSR count). The standard InChI is InChI=1S/C22H26F3N3O4S/c1-33(30,31)28(15-20(21(26)29)27-13-3-2-4-14-27)17-7-11-19(12-8-17)32-18-9-5-16(6-10-18)22(23,24)25/h5-12,20H,2-4,13-15H2,1H3,(H2,26,29)/t20-/m0/s1. The van der Waals surface area contributed by atoms with Gasteiger partial charge in [0.15, 0.2) is 0 Å². The number of primary amides is 1. The van der Waals surface area contributed by atoms with Crippen LogP contribution < -0.4 is 14.8 Å². The Labute approximate surface area is 191 Å². The number of anilines is 1. The molecule has 7 nitrogen and oxygen atoms in total. The third-order valence-corrected chi connectivity index (χ3v) is 6.60. The zero-order valence-corrected chi connectivity index (χ0v) is 18.9. The van der Waals surface area contributed by atoms with Crippen LogP contribution in [0.15, 0.2) is 48.5 Å². The van der Waals surface area contributed by atoms with Gasteiger partial charge in [0.25, 0.3) is 0 Å². The van der Waals surface area contributed by atoms with Crippen molar-refractivity contribution in [1.29, 1.82) is 0 Å². The van der Waals surface area contributed by atoms with Crippen LogP contribution in [0.4, 0.5) is 18.9 Å². The van der Waals surface area contributed by atoms with E-state index in [-0.39, 0.29) is 12.3 Å². The Morgan fingerprint density at radius 2 is 1.55 bits per heavy atom. The van der Waals surface area contributed by atoms with Gasteiger partial charge in [-0.3, -0.25) is 14.0 Å². The second-order valence-corrected chi connectivity index (χ2v) is 9.83. The van der Waals surface area contributed by atoms with Crippen molar-refractivity contribution in [2.45, 2.75) is 31.5 Å². The molecular weight excluding hydrogens is 459 g/mol. The number of sulfonamides is 1. The van der Waals surface area contributed by atoms with Crippen molar-refractivity contribution in [2.24, 2.45) is 5.73 Å². The predicted octanol–water partition coefficient (Wildman–Crippen LogP) is 3.60. The smallest absolute Gasteiger partial charge is 0.416 e. The topological polar surface area (TPSA) is 92.9 Å². The zero-order valence-electron chi connectivity index (χ0n) is 18.1. The number of alkyl halides is 3. The molecule has 0 spiro atoms. The summed E-state index contributed by atoms with van der Waals surface area (Å²) in [6.07, 6.45) is -0.504. The number of halogens is 3. The molecule has 1 amide bonds. The molecule has 0 saturated carbocycles. The fourth-order valence-corrected chi connectivity index (χ4v) is 4.65. The number of ether oxygens (including phenoxy) is 1. The molecule has 0 radical (unpaired) electrons. The van der Waals surface area contributed by atoms with E-state index in [1.807, 2.05) is 4.90 Å². The van der Waals surface area contributed by atoms with Crippen molar-refractivity contribution < 1.29 is 31.1 Å². The van der Waals surface area contributed by atoms with Crippen LogP contribution in [0.1, 0.15) is 24.8 Å². The van der Waals surface area contributed by atoms with E-state index in [4.69, 9.17) is 10.5 Å². The summed E-state index contributed by atoms with van der Waals surface area (Å²) in [6, 6.07) is 9.51. The van der Waals surface area contributed by atoms with Crippen molar-refractivity contribution in [2.75, 3.05) is 30.2 Å². The number of amides is 1. The molecule has 1 heterocycles. The highest BCUT2D eigenvalue weighted by Gasteiger charge is 2.31. The van der Waals surface area contributed by atoms with Crippen molar-refractivity contribution >= 4 is 21.6 Å². The highest BCUT2D eigenvalue weighted by Crippen LogP contribution is 2.32. The third kappa shape index (κ3) is 6.61. The summed E-state index contributed by atoms with van der Waals surface area (Å²) < 4.78 is 69.8. The quantitative estimate of drug-likeness (QED) is 0.617. The Morgan fingerprint density at radius 1 is 1.03 bits per heavy atom. The molecule has 2 N–H and O–H groups in total. The van der Waals surface area contributed by atoms with Gasteiger partial charge in [0.2, 0.25) is 15.9 Å². The summed E-state index contributed by atoms with van der Waals surface area (Å²) in [5.41, 5.74) is 5.13. The minimum Gasteiger partial charge on any atom is -0.457 e. The number of hydrogen-bond acceptors (Lipinski definition) is 5. The Kier molecular flexibility index (Phi) is 7.53. The lowest BCUT2D eigenvalue weighted by atomic mass is 10.1. The third-order valence-electron chi connectivity index (χ3n) is 5.44. The maximum absolute atomic E-state index is 12.7. The zero-order chi connectivity index (χ0) is 24.2. The summed E-state index contributed by atoms with van der Waals surface area (Å²) in [4.78, 5) is 14.0. The highest BCUT2D eigenvalue weighted by atomic mass is 32.2. The van der Waals surface area contributed by atoms with Crippen LogP contribution in [0.25, 0.3) is 0 Å². The summed E-state index contributed by atoms with van der Waals surface area (Å²) >= 11 is 0. The molecule has 11 heteroatoms. The van der Waals surface area contributed by atoms with Crippen LogP contribution in [0.5, 0.6) is 11.5 Å². The van der Waals surface area contributed by atoms with Gasteiger partial charge in [-0.25, -0.2) is 8.42 Å². The van der Waals surface area contributed by atoms with Gasteiger partial charge in [0, 0.05) is 0 Å². The van der Waals surface area contributed by atoms with Gasteiger partial charge in [-0.15, -0.1) is 0 Å². The predicted molar refractivity (Wildman–Crippen MR) is 119 cm³/mol. The molecule has 180 valence electrons. The largest absolute Gasteiger partial charge is 0.457 e. The lowest BCUT2D eigenvalue weighted by Gasteiger charge is -2.35. The molecule has 1 aliphatic heterocycles. The van der Waals surface area contributed by atoms with Crippen molar-refractivity contribution in [3.63, 3.8) is 0 Å². The first-order valence-electron chi connectivity index (χ1n) is 10.4. The van der Waals surface area contributed by atoms with Crippen LogP contribution in [0.3, 0.4) is 0 Å². The van der Waals surface area contributed by atoms with Gasteiger partial charge in [-0.1, -0.05) is 6.42 Å². The minimum atomic E-state index is -4.44. The molecule has 0 bridgehead atoms. The molecule has 1 atom stereocenters. The number of nitrogens with two attached hydrogens (primary N) is 1. The van der Waals surface area contributed by atoms with E-state index in [2.05, 4.69) is 0 Å².